The third-order valence-corrected chi connectivity index (χ3v) is 2.47. The van der Waals surface area contributed by atoms with Crippen LogP contribution in [0.15, 0.2) is 41.1 Å². The van der Waals surface area contributed by atoms with E-state index in [4.69, 9.17) is 14.4 Å². The second-order valence-electron chi connectivity index (χ2n) is 3.65. The lowest BCUT2D eigenvalue weighted by Crippen LogP contribution is -1.91. The number of fused-ring (bicyclic) bond motifs is 1. The van der Waals surface area contributed by atoms with Gasteiger partial charge in [-0.1, -0.05) is 12.1 Å². The molecule has 0 bridgehead atoms. The molecule has 0 spiro atoms. The topological polar surface area (TPSA) is 71.9 Å². The maximum absolute atomic E-state index is 13.0. The molecule has 2 heterocycles. The minimum absolute atomic E-state index is 0.00977. The number of furan rings is 1. The van der Waals surface area contributed by atoms with Crippen LogP contribution in [0.2, 0.25) is 0 Å². The normalized spacial score (nSPS) is 10.3. The highest BCUT2D eigenvalue weighted by molar-refractivity contribution is 5.86. The zero-order valence-corrected chi connectivity index (χ0v) is 9.50. The zero-order chi connectivity index (χ0) is 13.2. The van der Waals surface area contributed by atoms with E-state index in [1.165, 1.54) is 0 Å². The number of hydrogen-bond donors (Lipinski definition) is 0. The number of rotatable bonds is 2. The Morgan fingerprint density at radius 1 is 1.26 bits per heavy atom. The summed E-state index contributed by atoms with van der Waals surface area (Å²) in [7, 11) is 0. The van der Waals surface area contributed by atoms with Crippen molar-refractivity contribution in [1.82, 2.24) is 9.97 Å². The van der Waals surface area contributed by atoms with Crippen molar-refractivity contribution in [3.8, 4) is 17.7 Å². The number of benzene rings is 1. The Labute approximate surface area is 106 Å². The summed E-state index contributed by atoms with van der Waals surface area (Å²) < 4.78 is 23.7. The highest BCUT2D eigenvalue weighted by Gasteiger charge is 2.16. The lowest BCUT2D eigenvalue weighted by atomic mass is 10.2. The first-order chi connectivity index (χ1) is 9.28. The average molecular weight is 255 g/mol. The fourth-order valence-electron chi connectivity index (χ4n) is 1.67. The summed E-state index contributed by atoms with van der Waals surface area (Å²) in [6.07, 6.45) is 1.04. The van der Waals surface area contributed by atoms with Crippen LogP contribution < -0.4 is 4.74 Å². The van der Waals surface area contributed by atoms with Crippen LogP contribution in [0.3, 0.4) is 0 Å². The van der Waals surface area contributed by atoms with Gasteiger partial charge < -0.3 is 9.15 Å². The van der Waals surface area contributed by atoms with E-state index in [1.54, 1.807) is 24.3 Å². The number of para-hydroxylation sites is 1. The van der Waals surface area contributed by atoms with Crippen molar-refractivity contribution in [1.29, 1.82) is 5.26 Å². The Bertz CT molecular complexity index is 792. The molecule has 19 heavy (non-hydrogen) atoms. The molecule has 6 heteroatoms. The number of nitrogens with zero attached hydrogens (tertiary/aromatic N) is 3. The van der Waals surface area contributed by atoms with Gasteiger partial charge in [0.15, 0.2) is 5.75 Å². The molecule has 0 aliphatic carbocycles. The summed E-state index contributed by atoms with van der Waals surface area (Å²) in [5.74, 6) is -0.469. The number of nitriles is 1. The van der Waals surface area contributed by atoms with E-state index in [0.717, 1.165) is 12.4 Å². The fraction of sp³-hybridized carbons (Fsp3) is 0. The second kappa shape index (κ2) is 4.38. The summed E-state index contributed by atoms with van der Waals surface area (Å²) in [6.45, 7) is 0. The largest absolute Gasteiger partial charge is 0.442 e. The smallest absolute Gasteiger partial charge is 0.247 e. The lowest BCUT2D eigenvalue weighted by Gasteiger charge is -2.01. The molecule has 0 aliphatic heterocycles. The van der Waals surface area contributed by atoms with Crippen LogP contribution in [0.4, 0.5) is 4.39 Å². The molecular weight excluding hydrogens is 249 g/mol. The molecule has 0 saturated carbocycles. The molecule has 92 valence electrons. The van der Waals surface area contributed by atoms with Crippen LogP contribution in [0.5, 0.6) is 11.6 Å². The molecule has 1 aromatic carbocycles. The molecule has 0 N–H and O–H groups in total. The first-order valence-corrected chi connectivity index (χ1v) is 5.35. The molecule has 0 radical (unpaired) electrons. The van der Waals surface area contributed by atoms with Crippen molar-refractivity contribution in [2.75, 3.05) is 0 Å². The monoisotopic (exact) mass is 255 g/mol. The van der Waals surface area contributed by atoms with Crippen LogP contribution in [0, 0.1) is 17.3 Å². The molecule has 0 atom stereocenters. The third-order valence-electron chi connectivity index (χ3n) is 2.47. The van der Waals surface area contributed by atoms with E-state index in [2.05, 4.69) is 9.97 Å². The Hall–Kier alpha value is -2.94. The van der Waals surface area contributed by atoms with Crippen molar-refractivity contribution in [2.24, 2.45) is 0 Å². The van der Waals surface area contributed by atoms with Crippen molar-refractivity contribution in [3.05, 3.63) is 48.4 Å². The van der Waals surface area contributed by atoms with Crippen LogP contribution in [-0.4, -0.2) is 9.97 Å². The second-order valence-corrected chi connectivity index (χ2v) is 3.65. The number of halogens is 1. The molecule has 2 aromatic heterocycles. The van der Waals surface area contributed by atoms with Crippen molar-refractivity contribution in [3.63, 3.8) is 0 Å². The molecule has 3 rings (SSSR count). The number of hydrogen-bond acceptors (Lipinski definition) is 5. The molecule has 0 saturated heterocycles. The van der Waals surface area contributed by atoms with Crippen LogP contribution in [0.25, 0.3) is 11.0 Å². The zero-order valence-electron chi connectivity index (χ0n) is 9.50. The van der Waals surface area contributed by atoms with Gasteiger partial charge in [0.1, 0.15) is 18.0 Å². The molecule has 0 fully saturated rings. The molecule has 0 aliphatic rings. The highest BCUT2D eigenvalue weighted by Crippen LogP contribution is 2.35. The van der Waals surface area contributed by atoms with Crippen molar-refractivity contribution in [2.45, 2.75) is 0 Å². The van der Waals surface area contributed by atoms with Crippen molar-refractivity contribution >= 4 is 11.0 Å². The van der Waals surface area contributed by atoms with Crippen LogP contribution in [0.1, 0.15) is 5.76 Å². The molecule has 3 aromatic rings. The molecule has 0 unspecified atom stereocenters. The summed E-state index contributed by atoms with van der Waals surface area (Å²) in [4.78, 5) is 7.10. The summed E-state index contributed by atoms with van der Waals surface area (Å²) in [5, 5.41) is 9.64. The first-order valence-electron chi connectivity index (χ1n) is 5.35. The first kappa shape index (κ1) is 11.2. The van der Waals surface area contributed by atoms with Gasteiger partial charge in [0.2, 0.25) is 17.6 Å². The van der Waals surface area contributed by atoms with Crippen molar-refractivity contribution < 1.29 is 13.5 Å². The maximum Gasteiger partial charge on any atom is 0.247 e. The molecule has 5 nitrogen and oxygen atoms in total. The summed E-state index contributed by atoms with van der Waals surface area (Å²) in [6, 6.07) is 9.94. The predicted octanol–water partition coefficient (Wildman–Crippen LogP) is 3.03. The average Bonchev–Trinajstić information content (AvgIpc) is 2.77. The fourth-order valence-corrected chi connectivity index (χ4v) is 1.67. The van der Waals surface area contributed by atoms with Gasteiger partial charge in [0, 0.05) is 0 Å². The summed E-state index contributed by atoms with van der Waals surface area (Å²) >= 11 is 0. The Balaban J connectivity index is 2.12. The van der Waals surface area contributed by atoms with E-state index in [9.17, 15) is 4.39 Å². The van der Waals surface area contributed by atoms with E-state index in [-0.39, 0.29) is 17.4 Å². The molecular formula is C13H6FN3O2. The minimum atomic E-state index is -0.712. The van der Waals surface area contributed by atoms with E-state index in [1.807, 2.05) is 6.07 Å². The van der Waals surface area contributed by atoms with Gasteiger partial charge in [-0.15, -0.1) is 0 Å². The summed E-state index contributed by atoms with van der Waals surface area (Å²) in [5.41, 5.74) is 0.517. The highest BCUT2D eigenvalue weighted by atomic mass is 19.1. The van der Waals surface area contributed by atoms with Crippen LogP contribution in [-0.2, 0) is 0 Å². The van der Waals surface area contributed by atoms with Gasteiger partial charge in [0.05, 0.1) is 11.5 Å². The number of aromatic nitrogens is 2. The standard InChI is InChI=1S/C13H6FN3O2/c14-11-5-12(17-7-16-11)19-13-8-3-1-2-4-9(8)18-10(13)6-15/h1-5,7H. The predicted molar refractivity (Wildman–Crippen MR) is 63.0 cm³/mol. The Morgan fingerprint density at radius 2 is 2.11 bits per heavy atom. The molecule has 0 amide bonds. The van der Waals surface area contributed by atoms with Gasteiger partial charge in [-0.25, -0.2) is 9.97 Å². The Morgan fingerprint density at radius 3 is 2.89 bits per heavy atom. The van der Waals surface area contributed by atoms with E-state index in [0.29, 0.717) is 11.0 Å². The van der Waals surface area contributed by atoms with Gasteiger partial charge in [-0.3, -0.25) is 0 Å². The maximum atomic E-state index is 13.0. The quantitative estimate of drug-likeness (QED) is 0.658. The third kappa shape index (κ3) is 1.98. The van der Waals surface area contributed by atoms with E-state index >= 15 is 0 Å². The Kier molecular flexibility index (Phi) is 2.58. The SMILES string of the molecule is N#Cc1oc2ccccc2c1Oc1cc(F)ncn1. The van der Waals surface area contributed by atoms with E-state index < -0.39 is 5.95 Å². The van der Waals surface area contributed by atoms with Gasteiger partial charge in [0.25, 0.3) is 0 Å². The van der Waals surface area contributed by atoms with Gasteiger partial charge >= 0.3 is 0 Å². The minimum Gasteiger partial charge on any atom is -0.442 e. The number of ether oxygens (including phenoxy) is 1. The van der Waals surface area contributed by atoms with Gasteiger partial charge in [-0.2, -0.15) is 9.65 Å². The van der Waals surface area contributed by atoms with Crippen LogP contribution >= 0.6 is 0 Å². The lowest BCUT2D eigenvalue weighted by molar-refractivity contribution is 0.440. The van der Waals surface area contributed by atoms with Gasteiger partial charge in [-0.05, 0) is 12.1 Å².